The lowest BCUT2D eigenvalue weighted by Crippen LogP contribution is -2.19. The molecule has 5 heteroatoms. The van der Waals surface area contributed by atoms with Gasteiger partial charge in [0.1, 0.15) is 10.8 Å². The number of carbonyl (C=O) groups excluding carboxylic acids is 1. The summed E-state index contributed by atoms with van der Waals surface area (Å²) in [7, 11) is 1.49. The molecule has 0 saturated heterocycles. The second kappa shape index (κ2) is 4.84. The van der Waals surface area contributed by atoms with Crippen LogP contribution in [0.5, 0.6) is 5.75 Å². The van der Waals surface area contributed by atoms with Crippen LogP contribution in [0.15, 0.2) is 12.1 Å². The van der Waals surface area contributed by atoms with Crippen molar-refractivity contribution in [3.8, 4) is 5.75 Å². The summed E-state index contributed by atoms with van der Waals surface area (Å²) < 4.78 is 4.98. The summed E-state index contributed by atoms with van der Waals surface area (Å²) in [5, 5.41) is 0.534. The third-order valence-corrected chi connectivity index (χ3v) is 2.95. The first kappa shape index (κ1) is 12.3. The third-order valence-electron chi connectivity index (χ3n) is 2.07. The van der Waals surface area contributed by atoms with Crippen molar-refractivity contribution in [1.29, 1.82) is 0 Å². The minimum atomic E-state index is -0.749. The van der Waals surface area contributed by atoms with Crippen molar-refractivity contribution in [1.82, 2.24) is 0 Å². The number of halogens is 2. The van der Waals surface area contributed by atoms with Crippen LogP contribution in [0.3, 0.4) is 0 Å². The molecule has 0 fully saturated rings. The topological polar surface area (TPSA) is 52.3 Å². The predicted octanol–water partition coefficient (Wildman–Crippen LogP) is 2.59. The highest BCUT2D eigenvalue weighted by Crippen LogP contribution is 2.36. The molecule has 0 saturated carbocycles. The Kier molecular flexibility index (Phi) is 3.97. The van der Waals surface area contributed by atoms with Gasteiger partial charge in [-0.3, -0.25) is 4.79 Å². The van der Waals surface area contributed by atoms with E-state index in [-0.39, 0.29) is 15.8 Å². The molecular formula is C10H11Cl2NO2. The maximum atomic E-state index is 11.1. The van der Waals surface area contributed by atoms with Gasteiger partial charge in [0, 0.05) is 0 Å². The predicted molar refractivity (Wildman–Crippen MR) is 60.6 cm³/mol. The first-order valence-corrected chi connectivity index (χ1v) is 5.02. The van der Waals surface area contributed by atoms with E-state index in [0.29, 0.717) is 11.3 Å². The molecule has 1 aromatic carbocycles. The van der Waals surface area contributed by atoms with E-state index in [9.17, 15) is 4.79 Å². The molecule has 1 unspecified atom stereocenters. The Morgan fingerprint density at radius 1 is 1.40 bits per heavy atom. The number of methoxy groups -OCH3 is 1. The zero-order chi connectivity index (χ0) is 11.6. The van der Waals surface area contributed by atoms with Gasteiger partial charge in [0.05, 0.1) is 18.2 Å². The second-order valence-electron chi connectivity index (χ2n) is 3.07. The molecule has 0 radical (unpaired) electrons. The van der Waals surface area contributed by atoms with Gasteiger partial charge in [-0.25, -0.2) is 0 Å². The largest absolute Gasteiger partial charge is 0.495 e. The SMILES string of the molecule is COc1ccc(C(N)C(C)=O)c(Cl)c1Cl. The molecule has 82 valence electrons. The quantitative estimate of drug-likeness (QED) is 0.894. The summed E-state index contributed by atoms with van der Waals surface area (Å²) in [6, 6.07) is 2.52. The lowest BCUT2D eigenvalue weighted by atomic mass is 10.0. The third kappa shape index (κ3) is 2.43. The van der Waals surface area contributed by atoms with E-state index in [2.05, 4.69) is 0 Å². The van der Waals surface area contributed by atoms with Gasteiger partial charge in [0.15, 0.2) is 5.78 Å². The molecular weight excluding hydrogens is 237 g/mol. The van der Waals surface area contributed by atoms with E-state index < -0.39 is 6.04 Å². The summed E-state index contributed by atoms with van der Waals surface area (Å²) in [4.78, 5) is 11.1. The number of carbonyl (C=O) groups is 1. The molecule has 0 heterocycles. The molecule has 1 atom stereocenters. The molecule has 0 aliphatic heterocycles. The van der Waals surface area contributed by atoms with Crippen LogP contribution in [0, 0.1) is 0 Å². The van der Waals surface area contributed by atoms with Gasteiger partial charge in [-0.15, -0.1) is 0 Å². The Balaban J connectivity index is 3.23. The van der Waals surface area contributed by atoms with Gasteiger partial charge in [-0.1, -0.05) is 29.3 Å². The smallest absolute Gasteiger partial charge is 0.151 e. The molecule has 3 nitrogen and oxygen atoms in total. The first-order valence-electron chi connectivity index (χ1n) is 4.27. The van der Waals surface area contributed by atoms with Crippen molar-refractivity contribution in [2.45, 2.75) is 13.0 Å². The van der Waals surface area contributed by atoms with Crippen LogP contribution in [0.2, 0.25) is 10.0 Å². The average molecular weight is 248 g/mol. The van der Waals surface area contributed by atoms with E-state index in [1.54, 1.807) is 12.1 Å². The van der Waals surface area contributed by atoms with Crippen LogP contribution in [-0.2, 0) is 4.79 Å². The van der Waals surface area contributed by atoms with Crippen molar-refractivity contribution in [2.24, 2.45) is 5.73 Å². The van der Waals surface area contributed by atoms with Crippen molar-refractivity contribution in [3.63, 3.8) is 0 Å². The minimum absolute atomic E-state index is 0.168. The Morgan fingerprint density at radius 3 is 2.47 bits per heavy atom. The zero-order valence-corrected chi connectivity index (χ0v) is 9.89. The second-order valence-corrected chi connectivity index (χ2v) is 3.83. The minimum Gasteiger partial charge on any atom is -0.495 e. The van der Waals surface area contributed by atoms with Crippen LogP contribution in [-0.4, -0.2) is 12.9 Å². The van der Waals surface area contributed by atoms with Crippen LogP contribution < -0.4 is 10.5 Å². The summed E-state index contributed by atoms with van der Waals surface area (Å²) in [5.74, 6) is 0.291. The van der Waals surface area contributed by atoms with Gasteiger partial charge in [0.2, 0.25) is 0 Å². The number of hydrogen-bond donors (Lipinski definition) is 1. The summed E-state index contributed by atoms with van der Waals surface area (Å²) in [6.07, 6.45) is 0. The van der Waals surface area contributed by atoms with Gasteiger partial charge in [-0.2, -0.15) is 0 Å². The van der Waals surface area contributed by atoms with Crippen molar-refractivity contribution >= 4 is 29.0 Å². The first-order chi connectivity index (χ1) is 6.99. The fourth-order valence-electron chi connectivity index (χ4n) is 1.16. The average Bonchev–Trinajstić information content (AvgIpc) is 2.21. The summed E-state index contributed by atoms with van der Waals surface area (Å²) in [5.41, 5.74) is 6.17. The lowest BCUT2D eigenvalue weighted by molar-refractivity contribution is -0.118. The van der Waals surface area contributed by atoms with E-state index >= 15 is 0 Å². The molecule has 0 amide bonds. The number of Topliss-reactive ketones (excluding diaryl/α,β-unsaturated/α-hetero) is 1. The van der Waals surface area contributed by atoms with E-state index in [0.717, 1.165) is 0 Å². The zero-order valence-electron chi connectivity index (χ0n) is 8.38. The Morgan fingerprint density at radius 2 is 2.00 bits per heavy atom. The normalized spacial score (nSPS) is 12.3. The van der Waals surface area contributed by atoms with E-state index in [1.807, 2.05) is 0 Å². The van der Waals surface area contributed by atoms with Gasteiger partial charge in [0.25, 0.3) is 0 Å². The maximum Gasteiger partial charge on any atom is 0.151 e. The van der Waals surface area contributed by atoms with Gasteiger partial charge < -0.3 is 10.5 Å². The molecule has 0 bridgehead atoms. The highest BCUT2D eigenvalue weighted by molar-refractivity contribution is 6.43. The molecule has 2 N–H and O–H groups in total. The number of hydrogen-bond acceptors (Lipinski definition) is 3. The molecule has 0 aliphatic rings. The van der Waals surface area contributed by atoms with Crippen molar-refractivity contribution < 1.29 is 9.53 Å². The lowest BCUT2D eigenvalue weighted by Gasteiger charge is -2.13. The molecule has 0 aromatic heterocycles. The number of ketones is 1. The van der Waals surface area contributed by atoms with Gasteiger partial charge in [-0.05, 0) is 18.6 Å². The fourth-order valence-corrected chi connectivity index (χ4v) is 1.69. The number of nitrogens with two attached hydrogens (primary N) is 1. The Bertz CT molecular complexity index is 393. The Labute approximate surface area is 98.1 Å². The highest BCUT2D eigenvalue weighted by Gasteiger charge is 2.18. The molecule has 1 rings (SSSR count). The fraction of sp³-hybridized carbons (Fsp3) is 0.300. The molecule has 0 aliphatic carbocycles. The standard InChI is InChI=1S/C10H11Cl2NO2/c1-5(14)10(13)6-3-4-7(15-2)9(12)8(6)11/h3-4,10H,13H2,1-2H3. The number of benzene rings is 1. The van der Waals surface area contributed by atoms with E-state index in [4.69, 9.17) is 33.7 Å². The van der Waals surface area contributed by atoms with Crippen LogP contribution in [0.1, 0.15) is 18.5 Å². The van der Waals surface area contributed by atoms with Crippen LogP contribution >= 0.6 is 23.2 Å². The summed E-state index contributed by atoms with van der Waals surface area (Å²) in [6.45, 7) is 1.40. The maximum absolute atomic E-state index is 11.1. The molecule has 15 heavy (non-hydrogen) atoms. The summed E-state index contributed by atoms with van der Waals surface area (Å²) >= 11 is 11.9. The number of ether oxygens (including phenoxy) is 1. The van der Waals surface area contributed by atoms with Crippen molar-refractivity contribution in [3.05, 3.63) is 27.7 Å². The number of rotatable bonds is 3. The van der Waals surface area contributed by atoms with Gasteiger partial charge >= 0.3 is 0 Å². The monoisotopic (exact) mass is 247 g/mol. The van der Waals surface area contributed by atoms with Crippen molar-refractivity contribution in [2.75, 3.05) is 7.11 Å². The highest BCUT2D eigenvalue weighted by atomic mass is 35.5. The molecule has 0 spiro atoms. The van der Waals surface area contributed by atoms with E-state index in [1.165, 1.54) is 14.0 Å². The van der Waals surface area contributed by atoms with Crippen LogP contribution in [0.25, 0.3) is 0 Å². The Hall–Kier alpha value is -0.770. The van der Waals surface area contributed by atoms with Crippen LogP contribution in [0.4, 0.5) is 0 Å². The molecule has 1 aromatic rings.